The summed E-state index contributed by atoms with van der Waals surface area (Å²) in [6, 6.07) is 8.49. The zero-order valence-electron chi connectivity index (χ0n) is 12.3. The topological polar surface area (TPSA) is 20.3 Å². The minimum atomic E-state index is 0.267. The fraction of sp³-hybridized carbons (Fsp3) is 0.588. The second-order valence-electron chi connectivity index (χ2n) is 5.65. The van der Waals surface area contributed by atoms with Crippen LogP contribution in [0, 0.1) is 0 Å². The van der Waals surface area contributed by atoms with Gasteiger partial charge in [-0.25, -0.2) is 0 Å². The van der Waals surface area contributed by atoms with Crippen molar-refractivity contribution < 1.29 is 4.79 Å². The first-order valence-electron chi connectivity index (χ1n) is 7.73. The molecule has 0 radical (unpaired) electrons. The van der Waals surface area contributed by atoms with Gasteiger partial charge in [0.25, 0.3) is 0 Å². The van der Waals surface area contributed by atoms with Crippen LogP contribution in [0.15, 0.2) is 28.7 Å². The molecule has 1 aliphatic rings. The van der Waals surface area contributed by atoms with E-state index in [1.54, 1.807) is 0 Å². The Balaban J connectivity index is 1.73. The van der Waals surface area contributed by atoms with E-state index >= 15 is 0 Å². The van der Waals surface area contributed by atoms with Gasteiger partial charge in [-0.3, -0.25) is 4.79 Å². The van der Waals surface area contributed by atoms with Gasteiger partial charge in [-0.1, -0.05) is 41.4 Å². The van der Waals surface area contributed by atoms with Gasteiger partial charge in [0.1, 0.15) is 0 Å². The average Bonchev–Trinajstić information content (AvgIpc) is 3.27. The normalized spacial score (nSPS) is 14.8. The molecule has 3 heteroatoms. The molecule has 0 saturated heterocycles. The average molecular weight is 338 g/mol. The van der Waals surface area contributed by atoms with Gasteiger partial charge in [-0.15, -0.1) is 0 Å². The number of halogens is 1. The van der Waals surface area contributed by atoms with Gasteiger partial charge in [0, 0.05) is 22.5 Å². The van der Waals surface area contributed by atoms with Crippen molar-refractivity contribution in [2.75, 3.05) is 13.1 Å². The highest BCUT2D eigenvalue weighted by Crippen LogP contribution is 2.27. The molecule has 0 spiro atoms. The lowest BCUT2D eigenvalue weighted by atomic mass is 10.1. The molecular formula is C17H24BrNO. The van der Waals surface area contributed by atoms with Crippen LogP contribution in [0.3, 0.4) is 0 Å². The first kappa shape index (κ1) is 15.7. The summed E-state index contributed by atoms with van der Waals surface area (Å²) >= 11 is 3.40. The van der Waals surface area contributed by atoms with E-state index in [4.69, 9.17) is 0 Å². The number of nitrogens with zero attached hydrogens (tertiary/aromatic N) is 1. The van der Waals surface area contributed by atoms with E-state index in [0.717, 1.165) is 29.0 Å². The second kappa shape index (κ2) is 7.94. The lowest BCUT2D eigenvalue weighted by Gasteiger charge is -2.21. The number of ketones is 1. The largest absolute Gasteiger partial charge is 0.300 e. The van der Waals surface area contributed by atoms with Crippen molar-refractivity contribution in [2.24, 2.45) is 0 Å². The van der Waals surface area contributed by atoms with Gasteiger partial charge < -0.3 is 4.90 Å². The Bertz CT molecular complexity index is 425. The van der Waals surface area contributed by atoms with Gasteiger partial charge in [0.05, 0.1) is 0 Å². The molecule has 0 atom stereocenters. The number of Topliss-reactive ketones (excluding diaryl/α,β-unsaturated/α-hetero) is 1. The molecule has 0 aromatic heterocycles. The van der Waals surface area contributed by atoms with E-state index in [0.29, 0.717) is 6.42 Å². The van der Waals surface area contributed by atoms with Crippen LogP contribution >= 0.6 is 15.9 Å². The molecule has 0 aliphatic heterocycles. The number of rotatable bonds is 9. The molecule has 2 rings (SSSR count). The molecule has 1 fully saturated rings. The van der Waals surface area contributed by atoms with Crippen molar-refractivity contribution in [1.82, 2.24) is 4.90 Å². The number of hydrogen-bond acceptors (Lipinski definition) is 2. The van der Waals surface area contributed by atoms with Gasteiger partial charge in [-0.2, -0.15) is 0 Å². The number of benzene rings is 1. The first-order valence-corrected chi connectivity index (χ1v) is 8.53. The molecule has 0 unspecified atom stereocenters. The summed E-state index contributed by atoms with van der Waals surface area (Å²) in [7, 11) is 0. The molecule has 0 heterocycles. The zero-order chi connectivity index (χ0) is 14.4. The fourth-order valence-corrected chi connectivity index (χ4v) is 2.76. The molecule has 1 aromatic carbocycles. The van der Waals surface area contributed by atoms with Crippen molar-refractivity contribution in [1.29, 1.82) is 0 Å². The predicted molar refractivity (Wildman–Crippen MR) is 87.2 cm³/mol. The molecule has 1 aromatic rings. The predicted octanol–water partition coefficient (Wildman–Crippen LogP) is 4.68. The third kappa shape index (κ3) is 5.02. The van der Waals surface area contributed by atoms with Crippen LogP contribution in [0.1, 0.15) is 55.8 Å². The van der Waals surface area contributed by atoms with Crippen LogP contribution in [0.5, 0.6) is 0 Å². The number of unbranched alkanes of at least 4 members (excludes halogenated alkanes) is 1. The Morgan fingerprint density at radius 2 is 1.85 bits per heavy atom. The minimum Gasteiger partial charge on any atom is -0.300 e. The van der Waals surface area contributed by atoms with Crippen LogP contribution in [0.2, 0.25) is 0 Å². The van der Waals surface area contributed by atoms with E-state index in [1.165, 1.54) is 32.2 Å². The molecule has 2 nitrogen and oxygen atoms in total. The maximum atomic E-state index is 12.1. The Labute approximate surface area is 130 Å². The van der Waals surface area contributed by atoms with E-state index in [9.17, 15) is 4.79 Å². The zero-order valence-corrected chi connectivity index (χ0v) is 13.9. The van der Waals surface area contributed by atoms with E-state index in [-0.39, 0.29) is 5.78 Å². The van der Waals surface area contributed by atoms with Crippen molar-refractivity contribution in [3.05, 3.63) is 34.3 Å². The van der Waals surface area contributed by atoms with Gasteiger partial charge in [-0.05, 0) is 50.9 Å². The Hall–Kier alpha value is -0.670. The van der Waals surface area contributed by atoms with Crippen LogP contribution in [0.25, 0.3) is 0 Å². The Kier molecular flexibility index (Phi) is 6.24. The Morgan fingerprint density at radius 1 is 1.20 bits per heavy atom. The summed E-state index contributed by atoms with van der Waals surface area (Å²) in [4.78, 5) is 14.7. The highest BCUT2D eigenvalue weighted by molar-refractivity contribution is 9.10. The monoisotopic (exact) mass is 337 g/mol. The van der Waals surface area contributed by atoms with Gasteiger partial charge in [0.2, 0.25) is 0 Å². The lowest BCUT2D eigenvalue weighted by molar-refractivity contribution is 0.0974. The number of hydrogen-bond donors (Lipinski definition) is 0. The molecule has 0 bridgehead atoms. The Morgan fingerprint density at radius 3 is 2.45 bits per heavy atom. The van der Waals surface area contributed by atoms with Crippen molar-refractivity contribution in [3.63, 3.8) is 0 Å². The summed E-state index contributed by atoms with van der Waals surface area (Å²) in [5, 5.41) is 0. The van der Waals surface area contributed by atoms with Crippen LogP contribution < -0.4 is 0 Å². The van der Waals surface area contributed by atoms with E-state index in [2.05, 4.69) is 27.8 Å². The van der Waals surface area contributed by atoms with Crippen LogP contribution in [-0.4, -0.2) is 29.8 Å². The fourth-order valence-electron chi connectivity index (χ4n) is 2.50. The van der Waals surface area contributed by atoms with Gasteiger partial charge >= 0.3 is 0 Å². The lowest BCUT2D eigenvalue weighted by Crippen LogP contribution is -2.28. The third-order valence-corrected chi connectivity index (χ3v) is 4.41. The van der Waals surface area contributed by atoms with Gasteiger partial charge in [0.15, 0.2) is 5.78 Å². The second-order valence-corrected chi connectivity index (χ2v) is 6.57. The van der Waals surface area contributed by atoms with Crippen molar-refractivity contribution in [2.45, 2.75) is 51.5 Å². The quantitative estimate of drug-likeness (QED) is 0.610. The maximum Gasteiger partial charge on any atom is 0.162 e. The first-order chi connectivity index (χ1) is 9.70. The third-order valence-electron chi connectivity index (χ3n) is 3.88. The van der Waals surface area contributed by atoms with E-state index in [1.807, 2.05) is 24.3 Å². The minimum absolute atomic E-state index is 0.267. The standard InChI is InChI=1S/C17H24BrNO/c1-2-3-12-19(16-10-11-16)13-4-5-17(20)14-6-8-15(18)9-7-14/h6-9,16H,2-5,10-13H2,1H3. The number of carbonyl (C=O) groups is 1. The maximum absolute atomic E-state index is 12.1. The smallest absolute Gasteiger partial charge is 0.162 e. The molecular weight excluding hydrogens is 314 g/mol. The summed E-state index contributed by atoms with van der Waals surface area (Å²) in [6.07, 6.45) is 6.87. The summed E-state index contributed by atoms with van der Waals surface area (Å²) < 4.78 is 1.02. The molecule has 0 amide bonds. The molecule has 110 valence electrons. The van der Waals surface area contributed by atoms with E-state index < -0.39 is 0 Å². The molecule has 20 heavy (non-hydrogen) atoms. The summed E-state index contributed by atoms with van der Waals surface area (Å²) in [6.45, 7) is 4.52. The molecule has 1 aliphatic carbocycles. The number of carbonyl (C=O) groups excluding carboxylic acids is 1. The summed E-state index contributed by atoms with van der Waals surface area (Å²) in [5.74, 6) is 0.267. The summed E-state index contributed by atoms with van der Waals surface area (Å²) in [5.41, 5.74) is 0.833. The highest BCUT2D eigenvalue weighted by atomic mass is 79.9. The van der Waals surface area contributed by atoms with Crippen molar-refractivity contribution in [3.8, 4) is 0 Å². The molecule has 1 saturated carbocycles. The SMILES string of the molecule is CCCCN(CCCC(=O)c1ccc(Br)cc1)C1CC1. The van der Waals surface area contributed by atoms with Crippen LogP contribution in [0.4, 0.5) is 0 Å². The molecule has 0 N–H and O–H groups in total. The highest BCUT2D eigenvalue weighted by Gasteiger charge is 2.27. The van der Waals surface area contributed by atoms with Crippen molar-refractivity contribution >= 4 is 21.7 Å². The van der Waals surface area contributed by atoms with Crippen LogP contribution in [-0.2, 0) is 0 Å².